The average Bonchev–Trinajstić information content (AvgIpc) is 2.82. The van der Waals surface area contributed by atoms with Crippen LogP contribution in [0.5, 0.6) is 0 Å². The molecule has 20 heavy (non-hydrogen) atoms. The lowest BCUT2D eigenvalue weighted by molar-refractivity contribution is -0.114. The quantitative estimate of drug-likeness (QED) is 0.774. The molecule has 8 nitrogen and oxygen atoms in total. The van der Waals surface area contributed by atoms with Gasteiger partial charge >= 0.3 is 5.97 Å². The summed E-state index contributed by atoms with van der Waals surface area (Å²) in [5.41, 5.74) is 1.38. The number of hydrogen-bond acceptors (Lipinski definition) is 5. The minimum atomic E-state index is -1.09. The molecule has 0 spiro atoms. The molecule has 0 unspecified atom stereocenters. The highest BCUT2D eigenvalue weighted by Gasteiger charge is 2.27. The van der Waals surface area contributed by atoms with Crippen LogP contribution in [-0.2, 0) is 17.6 Å². The third-order valence-electron chi connectivity index (χ3n) is 3.28. The molecule has 1 aliphatic carbocycles. The molecule has 8 heteroatoms. The van der Waals surface area contributed by atoms with Gasteiger partial charge < -0.3 is 5.11 Å². The smallest absolute Gasteiger partial charge is 0.356 e. The van der Waals surface area contributed by atoms with Crippen LogP contribution in [0.15, 0.2) is 27.5 Å². The summed E-state index contributed by atoms with van der Waals surface area (Å²) in [7, 11) is 0. The molecule has 0 saturated carbocycles. The molecule has 1 aromatic heterocycles. The van der Waals surface area contributed by atoms with Crippen LogP contribution in [0.25, 0.3) is 0 Å². The van der Waals surface area contributed by atoms with Crippen molar-refractivity contribution in [1.82, 2.24) is 9.78 Å². The van der Waals surface area contributed by atoms with Crippen molar-refractivity contribution in [3.8, 4) is 0 Å². The topological polar surface area (TPSA) is 109 Å². The van der Waals surface area contributed by atoms with E-state index in [4.69, 9.17) is 0 Å². The number of hydrogen-bond donors (Lipinski definition) is 1. The molecule has 1 amide bonds. The number of nitrogens with zero attached hydrogens (tertiary/aromatic N) is 5. The zero-order valence-corrected chi connectivity index (χ0v) is 10.5. The summed E-state index contributed by atoms with van der Waals surface area (Å²) in [6, 6.07) is 0. The molecule has 1 N–H and O–H groups in total. The minimum Gasteiger partial charge on any atom is -0.476 e. The molecular formula is C12H11N5O3. The number of carboxylic acids is 1. The number of fused-ring (bicyclic) bond motifs is 1. The molecule has 0 aromatic carbocycles. The summed E-state index contributed by atoms with van der Waals surface area (Å²) >= 11 is 0. The number of rotatable bonds is 1. The number of carbonyl (C=O) groups is 2. The zero-order chi connectivity index (χ0) is 14.3. The van der Waals surface area contributed by atoms with Gasteiger partial charge in [-0.25, -0.2) is 9.48 Å². The Morgan fingerprint density at radius 1 is 1.25 bits per heavy atom. The van der Waals surface area contributed by atoms with Crippen LogP contribution in [0.3, 0.4) is 0 Å². The van der Waals surface area contributed by atoms with Gasteiger partial charge in [0.2, 0.25) is 0 Å². The van der Waals surface area contributed by atoms with Gasteiger partial charge in [0.25, 0.3) is 11.9 Å². The van der Waals surface area contributed by atoms with Crippen LogP contribution in [0.4, 0.5) is 0 Å². The average molecular weight is 273 g/mol. The number of carboxylic acid groups (broad SMARTS) is 1. The number of amides is 1. The zero-order valence-electron chi connectivity index (χ0n) is 10.5. The second-order valence-electron chi connectivity index (χ2n) is 4.56. The van der Waals surface area contributed by atoms with E-state index in [-0.39, 0.29) is 17.4 Å². The van der Waals surface area contributed by atoms with E-state index in [2.05, 4.69) is 26.9 Å². The molecule has 0 fully saturated rings. The Morgan fingerprint density at radius 3 is 2.70 bits per heavy atom. The summed E-state index contributed by atoms with van der Waals surface area (Å²) in [6.45, 7) is 3.40. The first-order valence-electron chi connectivity index (χ1n) is 6.16. The van der Waals surface area contributed by atoms with E-state index in [0.29, 0.717) is 18.4 Å². The van der Waals surface area contributed by atoms with Crippen molar-refractivity contribution in [3.63, 3.8) is 0 Å². The van der Waals surface area contributed by atoms with Crippen molar-refractivity contribution < 1.29 is 14.7 Å². The number of aromatic nitrogens is 2. The van der Waals surface area contributed by atoms with Gasteiger partial charge in [0, 0.05) is 5.56 Å². The molecule has 102 valence electrons. The maximum absolute atomic E-state index is 11.5. The van der Waals surface area contributed by atoms with Gasteiger partial charge in [-0.3, -0.25) is 4.79 Å². The van der Waals surface area contributed by atoms with Gasteiger partial charge in [-0.2, -0.15) is 10.1 Å². The van der Waals surface area contributed by atoms with Crippen LogP contribution in [-0.4, -0.2) is 32.7 Å². The first-order chi connectivity index (χ1) is 9.58. The fraction of sp³-hybridized carbons (Fsp3) is 0.333. The second kappa shape index (κ2) is 4.48. The third-order valence-corrected chi connectivity index (χ3v) is 3.28. The molecule has 1 aromatic rings. The van der Waals surface area contributed by atoms with E-state index in [1.165, 1.54) is 4.68 Å². The van der Waals surface area contributed by atoms with Gasteiger partial charge in [-0.15, -0.1) is 10.2 Å². The van der Waals surface area contributed by atoms with Crippen molar-refractivity contribution in [2.75, 3.05) is 0 Å². The van der Waals surface area contributed by atoms with Crippen LogP contribution in [0.2, 0.25) is 0 Å². The SMILES string of the molecule is C=C1N=NC(n2nc(C(=O)O)c3c2CCCC3)=NC1=O. The molecule has 0 atom stereocenters. The summed E-state index contributed by atoms with van der Waals surface area (Å²) in [5, 5.41) is 20.6. The molecule has 1 aliphatic heterocycles. The van der Waals surface area contributed by atoms with E-state index in [1.54, 1.807) is 0 Å². The fourth-order valence-corrected chi connectivity index (χ4v) is 2.35. The molecule has 3 rings (SSSR count). The Morgan fingerprint density at radius 2 is 2.00 bits per heavy atom. The maximum atomic E-state index is 11.5. The Hall–Kier alpha value is -2.64. The fourth-order valence-electron chi connectivity index (χ4n) is 2.35. The molecular weight excluding hydrogens is 262 g/mol. The van der Waals surface area contributed by atoms with Gasteiger partial charge in [0.15, 0.2) is 5.69 Å². The Balaban J connectivity index is 2.13. The van der Waals surface area contributed by atoms with Crippen LogP contribution in [0.1, 0.15) is 34.6 Å². The lowest BCUT2D eigenvalue weighted by Crippen LogP contribution is -2.20. The summed E-state index contributed by atoms with van der Waals surface area (Å²) in [5.74, 6) is -1.69. The monoisotopic (exact) mass is 273 g/mol. The van der Waals surface area contributed by atoms with Crippen LogP contribution < -0.4 is 0 Å². The van der Waals surface area contributed by atoms with Crippen molar-refractivity contribution in [2.24, 2.45) is 15.2 Å². The Kier molecular flexibility index (Phi) is 2.78. The van der Waals surface area contributed by atoms with Crippen molar-refractivity contribution in [2.45, 2.75) is 25.7 Å². The maximum Gasteiger partial charge on any atom is 0.356 e. The van der Waals surface area contributed by atoms with Gasteiger partial charge in [-0.1, -0.05) is 6.58 Å². The molecule has 2 aliphatic rings. The van der Waals surface area contributed by atoms with Gasteiger partial charge in [0.05, 0.1) is 5.69 Å². The highest BCUT2D eigenvalue weighted by atomic mass is 16.4. The lowest BCUT2D eigenvalue weighted by atomic mass is 9.96. The molecule has 0 bridgehead atoms. The number of carbonyl (C=O) groups excluding carboxylic acids is 1. The van der Waals surface area contributed by atoms with Crippen LogP contribution in [0, 0.1) is 0 Å². The number of aliphatic imine (C=N–C) groups is 1. The number of aromatic carboxylic acids is 1. The van der Waals surface area contributed by atoms with Gasteiger partial charge in [0.1, 0.15) is 5.70 Å². The van der Waals surface area contributed by atoms with E-state index in [0.717, 1.165) is 18.5 Å². The van der Waals surface area contributed by atoms with E-state index >= 15 is 0 Å². The van der Waals surface area contributed by atoms with E-state index in [1.807, 2.05) is 0 Å². The Labute approximate surface area is 113 Å². The largest absolute Gasteiger partial charge is 0.476 e. The molecule has 0 saturated heterocycles. The standard InChI is InChI=1S/C12H11N5O3/c1-6-10(18)13-12(15-14-6)17-8-5-3-2-4-7(8)9(16-17)11(19)20/h1-5H2,(H,19,20). The second-order valence-corrected chi connectivity index (χ2v) is 4.56. The van der Waals surface area contributed by atoms with Crippen LogP contribution >= 0.6 is 0 Å². The van der Waals surface area contributed by atoms with E-state index < -0.39 is 11.9 Å². The summed E-state index contributed by atoms with van der Waals surface area (Å²) < 4.78 is 1.31. The predicted octanol–water partition coefficient (Wildman–Crippen LogP) is 1.17. The number of azo groups is 1. The normalized spacial score (nSPS) is 17.9. The summed E-state index contributed by atoms with van der Waals surface area (Å²) in [6.07, 6.45) is 3.19. The Bertz CT molecular complexity index is 698. The highest BCUT2D eigenvalue weighted by molar-refractivity contribution is 6.04. The first kappa shape index (κ1) is 12.4. The lowest BCUT2D eigenvalue weighted by Gasteiger charge is -2.13. The molecule has 2 heterocycles. The highest BCUT2D eigenvalue weighted by Crippen LogP contribution is 2.25. The molecule has 0 radical (unpaired) electrons. The predicted molar refractivity (Wildman–Crippen MR) is 67.7 cm³/mol. The van der Waals surface area contributed by atoms with Gasteiger partial charge in [-0.05, 0) is 25.7 Å². The van der Waals surface area contributed by atoms with Crippen molar-refractivity contribution in [1.29, 1.82) is 0 Å². The minimum absolute atomic E-state index is 0.00514. The van der Waals surface area contributed by atoms with Crippen molar-refractivity contribution >= 4 is 17.8 Å². The summed E-state index contributed by atoms with van der Waals surface area (Å²) in [4.78, 5) is 26.5. The third kappa shape index (κ3) is 1.85. The van der Waals surface area contributed by atoms with Crippen molar-refractivity contribution in [3.05, 3.63) is 29.2 Å². The first-order valence-corrected chi connectivity index (χ1v) is 6.16. The van der Waals surface area contributed by atoms with E-state index in [9.17, 15) is 14.7 Å².